The summed E-state index contributed by atoms with van der Waals surface area (Å²) in [5.41, 5.74) is 7.75. The van der Waals surface area contributed by atoms with E-state index in [2.05, 4.69) is 20.8 Å². The summed E-state index contributed by atoms with van der Waals surface area (Å²) in [4.78, 5) is 10.8. The third-order valence-electron chi connectivity index (χ3n) is 2.90. The Morgan fingerprint density at radius 2 is 2.06 bits per heavy atom. The van der Waals surface area contributed by atoms with E-state index in [9.17, 15) is 4.79 Å². The number of aromatic carboxylic acids is 1. The Balaban J connectivity index is 3.12. The minimum atomic E-state index is -0.938. The van der Waals surface area contributed by atoms with Gasteiger partial charge in [-0.1, -0.05) is 33.3 Å². The van der Waals surface area contributed by atoms with Crippen LogP contribution in [0.3, 0.4) is 0 Å². The van der Waals surface area contributed by atoms with Crippen molar-refractivity contribution < 1.29 is 9.90 Å². The second-order valence-corrected chi connectivity index (χ2v) is 4.74. The molecule has 0 fully saturated rings. The number of hydrogen-bond donors (Lipinski definition) is 2. The molecule has 0 saturated carbocycles. The summed E-state index contributed by atoms with van der Waals surface area (Å²) in [7, 11) is 0. The fourth-order valence-electron chi connectivity index (χ4n) is 2.07. The Labute approximate surface area is 96.3 Å². The summed E-state index contributed by atoms with van der Waals surface area (Å²) in [6, 6.07) is 4.98. The topological polar surface area (TPSA) is 63.3 Å². The maximum atomic E-state index is 10.8. The predicted octanol–water partition coefficient (Wildman–Crippen LogP) is 3.04. The summed E-state index contributed by atoms with van der Waals surface area (Å²) in [5, 5.41) is 8.85. The SMILES string of the molecule is CCCC(C)(C)c1ccc(C(=O)O)cc1N. The molecule has 0 aliphatic carbocycles. The molecule has 0 aliphatic rings. The van der Waals surface area contributed by atoms with Gasteiger partial charge in [0.25, 0.3) is 0 Å². The van der Waals surface area contributed by atoms with E-state index in [1.807, 2.05) is 6.07 Å². The van der Waals surface area contributed by atoms with Gasteiger partial charge in [0.05, 0.1) is 5.56 Å². The normalized spacial score (nSPS) is 11.4. The van der Waals surface area contributed by atoms with Crippen molar-refractivity contribution in [1.82, 2.24) is 0 Å². The predicted molar refractivity (Wildman–Crippen MR) is 65.7 cm³/mol. The number of hydrogen-bond acceptors (Lipinski definition) is 2. The highest BCUT2D eigenvalue weighted by molar-refractivity contribution is 5.89. The lowest BCUT2D eigenvalue weighted by Crippen LogP contribution is -2.19. The van der Waals surface area contributed by atoms with Crippen LogP contribution in [-0.2, 0) is 5.41 Å². The first kappa shape index (κ1) is 12.6. The zero-order chi connectivity index (χ0) is 12.3. The average molecular weight is 221 g/mol. The first-order chi connectivity index (χ1) is 7.38. The van der Waals surface area contributed by atoms with E-state index in [4.69, 9.17) is 10.8 Å². The summed E-state index contributed by atoms with van der Waals surface area (Å²) in [6.07, 6.45) is 2.11. The van der Waals surface area contributed by atoms with E-state index < -0.39 is 5.97 Å². The van der Waals surface area contributed by atoms with E-state index >= 15 is 0 Å². The van der Waals surface area contributed by atoms with Crippen molar-refractivity contribution in [2.24, 2.45) is 0 Å². The van der Waals surface area contributed by atoms with Gasteiger partial charge in [0.15, 0.2) is 0 Å². The summed E-state index contributed by atoms with van der Waals surface area (Å²) in [6.45, 7) is 6.38. The first-order valence-corrected chi connectivity index (χ1v) is 5.52. The zero-order valence-corrected chi connectivity index (χ0v) is 10.1. The lowest BCUT2D eigenvalue weighted by Gasteiger charge is -2.26. The van der Waals surface area contributed by atoms with Crippen LogP contribution >= 0.6 is 0 Å². The molecule has 0 heterocycles. The standard InChI is InChI=1S/C13H19NO2/c1-4-7-13(2,3)10-6-5-9(12(15)16)8-11(10)14/h5-6,8H,4,7,14H2,1-3H3,(H,15,16). The molecule has 0 saturated heterocycles. The molecule has 3 nitrogen and oxygen atoms in total. The number of carboxylic acid groups (broad SMARTS) is 1. The Morgan fingerprint density at radius 1 is 1.44 bits per heavy atom. The maximum Gasteiger partial charge on any atom is 0.335 e. The summed E-state index contributed by atoms with van der Waals surface area (Å²) in [5.74, 6) is -0.938. The van der Waals surface area contributed by atoms with Crippen molar-refractivity contribution in [1.29, 1.82) is 0 Å². The number of nitrogens with two attached hydrogens (primary N) is 1. The van der Waals surface area contributed by atoms with Crippen LogP contribution in [0, 0.1) is 0 Å². The van der Waals surface area contributed by atoms with Gasteiger partial charge in [-0.25, -0.2) is 4.79 Å². The molecule has 16 heavy (non-hydrogen) atoms. The summed E-state index contributed by atoms with van der Waals surface area (Å²) < 4.78 is 0. The molecule has 1 rings (SSSR count). The van der Waals surface area contributed by atoms with Gasteiger partial charge in [-0.15, -0.1) is 0 Å². The number of carbonyl (C=O) groups is 1. The second-order valence-electron chi connectivity index (χ2n) is 4.74. The van der Waals surface area contributed by atoms with Gasteiger partial charge in [0, 0.05) is 5.69 Å². The van der Waals surface area contributed by atoms with Gasteiger partial charge in [-0.05, 0) is 29.5 Å². The molecule has 0 spiro atoms. The number of rotatable bonds is 4. The van der Waals surface area contributed by atoms with Gasteiger partial charge in [0.1, 0.15) is 0 Å². The van der Waals surface area contributed by atoms with Gasteiger partial charge in [-0.3, -0.25) is 0 Å². The van der Waals surface area contributed by atoms with Gasteiger partial charge in [0.2, 0.25) is 0 Å². The fourth-order valence-corrected chi connectivity index (χ4v) is 2.07. The largest absolute Gasteiger partial charge is 0.478 e. The Morgan fingerprint density at radius 3 is 2.50 bits per heavy atom. The molecule has 88 valence electrons. The van der Waals surface area contributed by atoms with Gasteiger partial charge in [-0.2, -0.15) is 0 Å². The van der Waals surface area contributed by atoms with Crippen LogP contribution in [0.4, 0.5) is 5.69 Å². The first-order valence-electron chi connectivity index (χ1n) is 5.52. The van der Waals surface area contributed by atoms with E-state index in [0.717, 1.165) is 18.4 Å². The molecule has 0 aromatic heterocycles. The van der Waals surface area contributed by atoms with Crippen LogP contribution in [0.1, 0.15) is 49.5 Å². The average Bonchev–Trinajstić information content (AvgIpc) is 2.16. The highest BCUT2D eigenvalue weighted by Gasteiger charge is 2.22. The zero-order valence-electron chi connectivity index (χ0n) is 10.1. The quantitative estimate of drug-likeness (QED) is 0.768. The van der Waals surface area contributed by atoms with Crippen molar-refractivity contribution in [3.8, 4) is 0 Å². The van der Waals surface area contributed by atoms with E-state index in [0.29, 0.717) is 5.69 Å². The minimum absolute atomic E-state index is 0.00410. The smallest absolute Gasteiger partial charge is 0.335 e. The van der Waals surface area contributed by atoms with Crippen LogP contribution in [-0.4, -0.2) is 11.1 Å². The van der Waals surface area contributed by atoms with Gasteiger partial charge >= 0.3 is 5.97 Å². The maximum absolute atomic E-state index is 10.8. The Hall–Kier alpha value is -1.51. The molecular weight excluding hydrogens is 202 g/mol. The number of nitrogen functional groups attached to an aromatic ring is 1. The molecule has 3 N–H and O–H groups in total. The third kappa shape index (κ3) is 2.54. The molecule has 0 bridgehead atoms. The number of anilines is 1. The van der Waals surface area contributed by atoms with Crippen molar-refractivity contribution >= 4 is 11.7 Å². The fraction of sp³-hybridized carbons (Fsp3) is 0.462. The number of benzene rings is 1. The van der Waals surface area contributed by atoms with Crippen LogP contribution in [0.25, 0.3) is 0 Å². The van der Waals surface area contributed by atoms with Crippen molar-refractivity contribution in [2.45, 2.75) is 39.0 Å². The van der Waals surface area contributed by atoms with Crippen LogP contribution in [0.2, 0.25) is 0 Å². The molecular formula is C13H19NO2. The monoisotopic (exact) mass is 221 g/mol. The lowest BCUT2D eigenvalue weighted by molar-refractivity contribution is 0.0697. The second kappa shape index (κ2) is 4.56. The molecule has 1 aromatic rings. The molecule has 0 amide bonds. The van der Waals surface area contributed by atoms with E-state index in [1.165, 1.54) is 6.07 Å². The highest BCUT2D eigenvalue weighted by atomic mass is 16.4. The lowest BCUT2D eigenvalue weighted by atomic mass is 9.79. The molecule has 1 aromatic carbocycles. The highest BCUT2D eigenvalue weighted by Crippen LogP contribution is 2.32. The molecule has 0 radical (unpaired) electrons. The minimum Gasteiger partial charge on any atom is -0.478 e. The summed E-state index contributed by atoms with van der Waals surface area (Å²) >= 11 is 0. The van der Waals surface area contributed by atoms with Gasteiger partial charge < -0.3 is 10.8 Å². The van der Waals surface area contributed by atoms with E-state index in [-0.39, 0.29) is 11.0 Å². The van der Waals surface area contributed by atoms with E-state index in [1.54, 1.807) is 6.07 Å². The third-order valence-corrected chi connectivity index (χ3v) is 2.90. The molecule has 0 unspecified atom stereocenters. The molecule has 0 aliphatic heterocycles. The Kier molecular flexibility index (Phi) is 3.58. The van der Waals surface area contributed by atoms with Crippen LogP contribution in [0.5, 0.6) is 0 Å². The van der Waals surface area contributed by atoms with Crippen molar-refractivity contribution in [3.63, 3.8) is 0 Å². The Bertz CT molecular complexity index is 397. The van der Waals surface area contributed by atoms with Crippen LogP contribution in [0.15, 0.2) is 18.2 Å². The number of carboxylic acids is 1. The van der Waals surface area contributed by atoms with Crippen molar-refractivity contribution in [3.05, 3.63) is 29.3 Å². The molecule has 3 heteroatoms. The van der Waals surface area contributed by atoms with Crippen LogP contribution < -0.4 is 5.73 Å². The van der Waals surface area contributed by atoms with Crippen molar-refractivity contribution in [2.75, 3.05) is 5.73 Å². The molecule has 0 atom stereocenters.